The van der Waals surface area contributed by atoms with Gasteiger partial charge in [-0.1, -0.05) is 46.9 Å². The van der Waals surface area contributed by atoms with E-state index in [1.165, 1.54) is 7.11 Å². The number of aryl methyl sites for hydroxylation is 1. The Bertz CT molecular complexity index is 1000. The van der Waals surface area contributed by atoms with Gasteiger partial charge in [0.1, 0.15) is 5.75 Å². The Kier molecular flexibility index (Phi) is 6.10. The number of benzene rings is 2. The van der Waals surface area contributed by atoms with Gasteiger partial charge in [0.15, 0.2) is 6.61 Å². The maximum Gasteiger partial charge on any atom is 0.343 e. The van der Waals surface area contributed by atoms with Crippen LogP contribution in [0, 0.1) is 6.92 Å². The Balaban J connectivity index is 2.09. The number of carbonyl (C=O) groups is 1. The minimum atomic E-state index is -0.490. The molecule has 3 aromatic rings. The molecular formula is C20H16Cl3NO3. The van der Waals surface area contributed by atoms with Crippen molar-refractivity contribution in [2.24, 2.45) is 0 Å². The van der Waals surface area contributed by atoms with E-state index in [1.54, 1.807) is 12.1 Å². The predicted molar refractivity (Wildman–Crippen MR) is 108 cm³/mol. The fourth-order valence-electron chi connectivity index (χ4n) is 2.74. The number of methoxy groups -OCH3 is 1. The summed E-state index contributed by atoms with van der Waals surface area (Å²) in [6.45, 7) is 1.65. The fourth-order valence-corrected chi connectivity index (χ4v) is 3.45. The highest BCUT2D eigenvalue weighted by Crippen LogP contribution is 2.39. The van der Waals surface area contributed by atoms with Crippen molar-refractivity contribution in [2.45, 2.75) is 13.3 Å². The highest BCUT2D eigenvalue weighted by Gasteiger charge is 2.18. The average Bonchev–Trinajstić information content (AvgIpc) is 2.66. The van der Waals surface area contributed by atoms with Crippen LogP contribution in [0.15, 0.2) is 36.4 Å². The zero-order valence-electron chi connectivity index (χ0n) is 14.7. The third kappa shape index (κ3) is 4.29. The van der Waals surface area contributed by atoms with E-state index in [0.29, 0.717) is 38.1 Å². The molecule has 1 heterocycles. The summed E-state index contributed by atoms with van der Waals surface area (Å²) in [7, 11) is 1.30. The fraction of sp³-hybridized carbons (Fsp3) is 0.200. The molecule has 0 aliphatic rings. The smallest absolute Gasteiger partial charge is 0.343 e. The number of nitrogens with zero attached hydrogens (tertiary/aromatic N) is 1. The number of carbonyl (C=O) groups excluding carboxylic acids is 1. The highest BCUT2D eigenvalue weighted by atomic mass is 35.5. The molecule has 0 N–H and O–H groups in total. The molecule has 7 heteroatoms. The van der Waals surface area contributed by atoms with Crippen molar-refractivity contribution in [3.8, 4) is 5.75 Å². The van der Waals surface area contributed by atoms with Crippen molar-refractivity contribution >= 4 is 51.7 Å². The van der Waals surface area contributed by atoms with Gasteiger partial charge in [0.05, 0.1) is 28.1 Å². The molecule has 0 saturated heterocycles. The molecule has 4 nitrogen and oxygen atoms in total. The minimum Gasteiger partial charge on any atom is -0.481 e. The van der Waals surface area contributed by atoms with Gasteiger partial charge in [-0.05, 0) is 42.3 Å². The summed E-state index contributed by atoms with van der Waals surface area (Å²) >= 11 is 19.0. The van der Waals surface area contributed by atoms with Crippen LogP contribution >= 0.6 is 34.8 Å². The zero-order valence-corrected chi connectivity index (χ0v) is 17.0. The van der Waals surface area contributed by atoms with E-state index in [4.69, 9.17) is 39.5 Å². The zero-order chi connectivity index (χ0) is 19.6. The van der Waals surface area contributed by atoms with E-state index in [2.05, 4.69) is 9.72 Å². The van der Waals surface area contributed by atoms with Gasteiger partial charge in [0, 0.05) is 17.1 Å². The molecule has 0 unspecified atom stereocenters. The van der Waals surface area contributed by atoms with Gasteiger partial charge in [-0.15, -0.1) is 0 Å². The number of fused-ring (bicyclic) bond motifs is 1. The van der Waals surface area contributed by atoms with Crippen molar-refractivity contribution in [3.05, 3.63) is 68.3 Å². The first-order chi connectivity index (χ1) is 12.9. The van der Waals surface area contributed by atoms with Crippen molar-refractivity contribution in [2.75, 3.05) is 13.7 Å². The number of esters is 1. The van der Waals surface area contributed by atoms with E-state index in [0.717, 1.165) is 16.8 Å². The molecule has 3 rings (SSSR count). The van der Waals surface area contributed by atoms with Crippen LogP contribution in [0.5, 0.6) is 5.75 Å². The number of hydrogen-bond acceptors (Lipinski definition) is 4. The molecule has 0 aliphatic heterocycles. The first-order valence-corrected chi connectivity index (χ1v) is 9.25. The number of hydrogen-bond donors (Lipinski definition) is 0. The van der Waals surface area contributed by atoms with Crippen molar-refractivity contribution in [1.82, 2.24) is 4.98 Å². The largest absolute Gasteiger partial charge is 0.481 e. The Morgan fingerprint density at radius 2 is 1.78 bits per heavy atom. The molecule has 0 amide bonds. The molecule has 1 aromatic heterocycles. The molecule has 0 bridgehead atoms. The van der Waals surface area contributed by atoms with Crippen molar-refractivity contribution < 1.29 is 14.3 Å². The summed E-state index contributed by atoms with van der Waals surface area (Å²) in [5, 5.41) is 2.19. The van der Waals surface area contributed by atoms with Crippen LogP contribution < -0.4 is 4.74 Å². The van der Waals surface area contributed by atoms with E-state index in [9.17, 15) is 4.79 Å². The Labute approximate surface area is 172 Å². The van der Waals surface area contributed by atoms with Crippen LogP contribution in [0.25, 0.3) is 10.9 Å². The van der Waals surface area contributed by atoms with Crippen LogP contribution in [-0.2, 0) is 16.0 Å². The lowest BCUT2D eigenvalue weighted by Gasteiger charge is -2.15. The van der Waals surface area contributed by atoms with Crippen LogP contribution in [0.1, 0.15) is 16.8 Å². The molecule has 0 fully saturated rings. The van der Waals surface area contributed by atoms with Crippen molar-refractivity contribution in [3.63, 3.8) is 0 Å². The normalized spacial score (nSPS) is 10.9. The van der Waals surface area contributed by atoms with Crippen molar-refractivity contribution in [1.29, 1.82) is 0 Å². The lowest BCUT2D eigenvalue weighted by Crippen LogP contribution is -2.13. The van der Waals surface area contributed by atoms with E-state index >= 15 is 0 Å². The van der Waals surface area contributed by atoms with Crippen LogP contribution in [0.2, 0.25) is 15.1 Å². The van der Waals surface area contributed by atoms with E-state index < -0.39 is 5.97 Å². The molecule has 140 valence electrons. The number of pyridine rings is 1. The Hall–Kier alpha value is -2.01. The summed E-state index contributed by atoms with van der Waals surface area (Å²) in [5.74, 6) is -0.0645. The SMILES string of the molecule is COC(=O)COc1ccc(Cl)c2nc(C)c(Cc3ccc(Cl)cc3)c(Cl)c12. The van der Waals surface area contributed by atoms with Gasteiger partial charge in [0.2, 0.25) is 0 Å². The maximum absolute atomic E-state index is 11.4. The van der Waals surface area contributed by atoms with Gasteiger partial charge < -0.3 is 9.47 Å². The topological polar surface area (TPSA) is 48.4 Å². The van der Waals surface area contributed by atoms with E-state index in [-0.39, 0.29) is 6.61 Å². The molecule has 0 radical (unpaired) electrons. The Morgan fingerprint density at radius 1 is 1.07 bits per heavy atom. The van der Waals surface area contributed by atoms with Crippen LogP contribution in [0.4, 0.5) is 0 Å². The molecule has 0 spiro atoms. The van der Waals surface area contributed by atoms with E-state index in [1.807, 2.05) is 31.2 Å². The standard InChI is InChI=1S/C20H16Cl3NO3/c1-11-14(9-12-3-5-13(21)6-4-12)19(23)18-16(27-10-17(25)26-2)8-7-15(22)20(18)24-11/h3-8H,9-10H2,1-2H3. The number of rotatable bonds is 5. The lowest BCUT2D eigenvalue weighted by molar-refractivity contribution is -0.142. The van der Waals surface area contributed by atoms with Gasteiger partial charge in [0.25, 0.3) is 0 Å². The van der Waals surface area contributed by atoms with Gasteiger partial charge in [-0.3, -0.25) is 4.98 Å². The Morgan fingerprint density at radius 3 is 2.44 bits per heavy atom. The molecule has 0 atom stereocenters. The summed E-state index contributed by atoms with van der Waals surface area (Å²) in [6.07, 6.45) is 0.577. The first kappa shape index (κ1) is 19.7. The molecule has 0 aliphatic carbocycles. The monoisotopic (exact) mass is 423 g/mol. The third-order valence-electron chi connectivity index (χ3n) is 4.16. The van der Waals surface area contributed by atoms with Gasteiger partial charge in [-0.25, -0.2) is 4.79 Å². The molecule has 0 saturated carbocycles. The number of ether oxygens (including phenoxy) is 2. The molecule has 2 aromatic carbocycles. The van der Waals surface area contributed by atoms with Gasteiger partial charge >= 0.3 is 5.97 Å². The maximum atomic E-state index is 11.4. The molecular weight excluding hydrogens is 409 g/mol. The number of halogens is 3. The minimum absolute atomic E-state index is 0.232. The predicted octanol–water partition coefficient (Wildman–Crippen LogP) is 5.65. The van der Waals surface area contributed by atoms with Gasteiger partial charge in [-0.2, -0.15) is 0 Å². The second-order valence-corrected chi connectivity index (χ2v) is 7.15. The third-order valence-corrected chi connectivity index (χ3v) is 5.13. The van der Waals surface area contributed by atoms with Crippen LogP contribution in [-0.4, -0.2) is 24.7 Å². The number of aromatic nitrogens is 1. The summed E-state index contributed by atoms with van der Waals surface area (Å²) in [4.78, 5) is 16.0. The average molecular weight is 425 g/mol. The summed E-state index contributed by atoms with van der Waals surface area (Å²) in [6, 6.07) is 10.9. The van der Waals surface area contributed by atoms with Crippen LogP contribution in [0.3, 0.4) is 0 Å². The summed E-state index contributed by atoms with van der Waals surface area (Å²) in [5.41, 5.74) is 3.21. The second-order valence-electron chi connectivity index (χ2n) is 5.93. The molecule has 27 heavy (non-hydrogen) atoms. The first-order valence-electron chi connectivity index (χ1n) is 8.12. The summed E-state index contributed by atoms with van der Waals surface area (Å²) < 4.78 is 10.2. The lowest BCUT2D eigenvalue weighted by atomic mass is 10.0. The second kappa shape index (κ2) is 8.34. The highest BCUT2D eigenvalue weighted by molar-refractivity contribution is 6.40. The quantitative estimate of drug-likeness (QED) is 0.497.